The number of amides is 1. The minimum absolute atomic E-state index is 0.190. The maximum atomic E-state index is 11.9. The largest absolute Gasteiger partial charge is 0.504 e. The molecule has 5 heteroatoms. The third-order valence-corrected chi connectivity index (χ3v) is 3.39. The Hall–Kier alpha value is -2.53. The fourth-order valence-electron chi connectivity index (χ4n) is 2.15. The lowest BCUT2D eigenvalue weighted by atomic mass is 10.1. The number of hydrogen-bond acceptors (Lipinski definition) is 4. The number of nitrogens with two attached hydrogens (primary N) is 1. The van der Waals surface area contributed by atoms with Crippen molar-refractivity contribution in [3.63, 3.8) is 0 Å². The number of phenols is 2. The van der Waals surface area contributed by atoms with Gasteiger partial charge in [0.25, 0.3) is 0 Å². The molecule has 5 N–H and O–H groups in total. The zero-order valence-electron chi connectivity index (χ0n) is 12.2. The van der Waals surface area contributed by atoms with Crippen LogP contribution >= 0.6 is 0 Å². The highest BCUT2D eigenvalue weighted by molar-refractivity contribution is 5.81. The fraction of sp³-hybridized carbons (Fsp3) is 0.235. The molecule has 22 heavy (non-hydrogen) atoms. The van der Waals surface area contributed by atoms with E-state index in [9.17, 15) is 15.0 Å². The average molecular weight is 300 g/mol. The summed E-state index contributed by atoms with van der Waals surface area (Å²) in [4.78, 5) is 11.9. The molecule has 0 aliphatic heterocycles. The Balaban J connectivity index is 1.80. The van der Waals surface area contributed by atoms with Crippen LogP contribution in [0.3, 0.4) is 0 Å². The average Bonchev–Trinajstić information content (AvgIpc) is 2.52. The van der Waals surface area contributed by atoms with Gasteiger partial charge >= 0.3 is 0 Å². The van der Waals surface area contributed by atoms with E-state index in [1.54, 1.807) is 6.07 Å². The van der Waals surface area contributed by atoms with Gasteiger partial charge in [-0.3, -0.25) is 4.79 Å². The maximum absolute atomic E-state index is 11.9. The number of phenolic OH excluding ortho intramolecular Hbond substituents is 2. The van der Waals surface area contributed by atoms with Crippen molar-refractivity contribution in [2.45, 2.75) is 18.9 Å². The quantitative estimate of drug-likeness (QED) is 0.605. The SMILES string of the molecule is N[C@@H](Cc1ccc(O)c(O)c1)C(=O)NCCc1ccccc1. The van der Waals surface area contributed by atoms with Gasteiger partial charge in [-0.1, -0.05) is 36.4 Å². The molecule has 0 fully saturated rings. The van der Waals surface area contributed by atoms with Crippen molar-refractivity contribution >= 4 is 5.91 Å². The number of rotatable bonds is 6. The van der Waals surface area contributed by atoms with Gasteiger partial charge in [0.2, 0.25) is 5.91 Å². The topological polar surface area (TPSA) is 95.6 Å². The monoisotopic (exact) mass is 300 g/mol. The van der Waals surface area contributed by atoms with Crippen molar-refractivity contribution in [3.05, 3.63) is 59.7 Å². The van der Waals surface area contributed by atoms with Crippen LogP contribution in [0.15, 0.2) is 48.5 Å². The molecular weight excluding hydrogens is 280 g/mol. The Kier molecular flexibility index (Phi) is 5.38. The molecule has 116 valence electrons. The third-order valence-electron chi connectivity index (χ3n) is 3.39. The van der Waals surface area contributed by atoms with E-state index < -0.39 is 6.04 Å². The fourth-order valence-corrected chi connectivity index (χ4v) is 2.15. The second-order valence-electron chi connectivity index (χ2n) is 5.16. The van der Waals surface area contributed by atoms with E-state index in [4.69, 9.17) is 5.73 Å². The lowest BCUT2D eigenvalue weighted by Crippen LogP contribution is -2.42. The smallest absolute Gasteiger partial charge is 0.237 e. The van der Waals surface area contributed by atoms with Crippen molar-refractivity contribution in [3.8, 4) is 11.5 Å². The summed E-state index contributed by atoms with van der Waals surface area (Å²) in [5.41, 5.74) is 7.71. The van der Waals surface area contributed by atoms with E-state index in [0.29, 0.717) is 18.5 Å². The Morgan fingerprint density at radius 1 is 1.05 bits per heavy atom. The Morgan fingerprint density at radius 3 is 2.45 bits per heavy atom. The van der Waals surface area contributed by atoms with Crippen LogP contribution < -0.4 is 11.1 Å². The number of benzene rings is 2. The summed E-state index contributed by atoms with van der Waals surface area (Å²) in [7, 11) is 0. The zero-order chi connectivity index (χ0) is 15.9. The third kappa shape index (κ3) is 4.49. The second-order valence-corrected chi connectivity index (χ2v) is 5.16. The summed E-state index contributed by atoms with van der Waals surface area (Å²) in [5, 5.41) is 21.5. The van der Waals surface area contributed by atoms with Crippen LogP contribution in [0.5, 0.6) is 11.5 Å². The molecule has 1 atom stereocenters. The predicted molar refractivity (Wildman–Crippen MR) is 84.6 cm³/mol. The van der Waals surface area contributed by atoms with Crippen molar-refractivity contribution < 1.29 is 15.0 Å². The van der Waals surface area contributed by atoms with E-state index in [0.717, 1.165) is 12.0 Å². The van der Waals surface area contributed by atoms with Crippen LogP contribution in [-0.4, -0.2) is 28.7 Å². The van der Waals surface area contributed by atoms with Gasteiger partial charge in [0.05, 0.1) is 6.04 Å². The maximum Gasteiger partial charge on any atom is 0.237 e. The summed E-state index contributed by atoms with van der Waals surface area (Å²) in [6, 6.07) is 13.6. The first-order valence-electron chi connectivity index (χ1n) is 7.14. The van der Waals surface area contributed by atoms with Gasteiger partial charge in [0, 0.05) is 6.54 Å². The number of aromatic hydroxyl groups is 2. The molecule has 0 radical (unpaired) electrons. The summed E-state index contributed by atoms with van der Waals surface area (Å²) >= 11 is 0. The lowest BCUT2D eigenvalue weighted by molar-refractivity contribution is -0.122. The molecule has 0 heterocycles. The minimum Gasteiger partial charge on any atom is -0.504 e. The van der Waals surface area contributed by atoms with Gasteiger partial charge in [-0.25, -0.2) is 0 Å². The van der Waals surface area contributed by atoms with Crippen molar-refractivity contribution in [1.29, 1.82) is 0 Å². The van der Waals surface area contributed by atoms with Crippen LogP contribution in [0.4, 0.5) is 0 Å². The van der Waals surface area contributed by atoms with Crippen LogP contribution in [0.1, 0.15) is 11.1 Å². The van der Waals surface area contributed by atoms with Gasteiger partial charge in [0.15, 0.2) is 11.5 Å². The first-order valence-corrected chi connectivity index (χ1v) is 7.14. The molecule has 5 nitrogen and oxygen atoms in total. The van der Waals surface area contributed by atoms with Crippen LogP contribution in [0, 0.1) is 0 Å². The molecule has 0 saturated carbocycles. The first kappa shape index (κ1) is 15.9. The van der Waals surface area contributed by atoms with Crippen molar-refractivity contribution in [2.24, 2.45) is 5.73 Å². The number of hydrogen-bond donors (Lipinski definition) is 4. The standard InChI is InChI=1S/C17H20N2O3/c18-14(10-13-6-7-15(20)16(21)11-13)17(22)19-9-8-12-4-2-1-3-5-12/h1-7,11,14,20-21H,8-10,18H2,(H,19,22)/t14-/m0/s1. The molecule has 2 aromatic carbocycles. The molecule has 2 rings (SSSR count). The first-order chi connectivity index (χ1) is 10.6. The number of nitrogens with one attached hydrogen (secondary N) is 1. The molecule has 0 bridgehead atoms. The zero-order valence-corrected chi connectivity index (χ0v) is 12.2. The Bertz CT molecular complexity index is 629. The lowest BCUT2D eigenvalue weighted by Gasteiger charge is -2.13. The van der Waals surface area contributed by atoms with Crippen molar-refractivity contribution in [1.82, 2.24) is 5.32 Å². The minimum atomic E-state index is -0.695. The molecule has 0 spiro atoms. The summed E-state index contributed by atoms with van der Waals surface area (Å²) in [6.07, 6.45) is 1.05. The summed E-state index contributed by atoms with van der Waals surface area (Å²) in [5.74, 6) is -0.637. The number of carbonyl (C=O) groups excluding carboxylic acids is 1. The molecule has 0 saturated heterocycles. The second kappa shape index (κ2) is 7.47. The predicted octanol–water partition coefficient (Wildman–Crippen LogP) is 1.33. The van der Waals surface area contributed by atoms with Crippen LogP contribution in [0.2, 0.25) is 0 Å². The molecule has 0 unspecified atom stereocenters. The molecule has 1 amide bonds. The van der Waals surface area contributed by atoms with Crippen LogP contribution in [-0.2, 0) is 17.6 Å². The highest BCUT2D eigenvalue weighted by Crippen LogP contribution is 2.25. The Labute approximate surface area is 129 Å². The molecule has 0 aliphatic rings. The van der Waals surface area contributed by atoms with Gasteiger partial charge in [0.1, 0.15) is 0 Å². The molecule has 0 aromatic heterocycles. The summed E-state index contributed by atoms with van der Waals surface area (Å²) < 4.78 is 0. The van der Waals surface area contributed by atoms with Gasteiger partial charge in [-0.05, 0) is 36.1 Å². The highest BCUT2D eigenvalue weighted by atomic mass is 16.3. The Morgan fingerprint density at radius 2 is 1.77 bits per heavy atom. The molecular formula is C17H20N2O3. The summed E-state index contributed by atoms with van der Waals surface area (Å²) in [6.45, 7) is 0.525. The van der Waals surface area contributed by atoms with E-state index >= 15 is 0 Å². The van der Waals surface area contributed by atoms with E-state index in [1.165, 1.54) is 12.1 Å². The highest BCUT2D eigenvalue weighted by Gasteiger charge is 2.14. The van der Waals surface area contributed by atoms with E-state index in [1.807, 2.05) is 30.3 Å². The normalized spacial score (nSPS) is 11.9. The van der Waals surface area contributed by atoms with Gasteiger partial charge in [-0.2, -0.15) is 0 Å². The van der Waals surface area contributed by atoms with Gasteiger partial charge < -0.3 is 21.3 Å². The van der Waals surface area contributed by atoms with Crippen LogP contribution in [0.25, 0.3) is 0 Å². The van der Waals surface area contributed by atoms with E-state index in [-0.39, 0.29) is 17.4 Å². The van der Waals surface area contributed by atoms with Gasteiger partial charge in [-0.15, -0.1) is 0 Å². The van der Waals surface area contributed by atoms with E-state index in [2.05, 4.69) is 5.32 Å². The molecule has 0 aliphatic carbocycles. The molecule has 2 aromatic rings. The number of carbonyl (C=O) groups is 1. The van der Waals surface area contributed by atoms with Crippen molar-refractivity contribution in [2.75, 3.05) is 6.54 Å².